The minimum absolute atomic E-state index is 0.104. The number of pyridine rings is 1. The Morgan fingerprint density at radius 3 is 2.74 bits per heavy atom. The lowest BCUT2D eigenvalue weighted by Gasteiger charge is -2.13. The quantitative estimate of drug-likeness (QED) is 0.893. The summed E-state index contributed by atoms with van der Waals surface area (Å²) in [6.07, 6.45) is 1.83. The average molecular weight is 258 g/mol. The van der Waals surface area contributed by atoms with E-state index >= 15 is 0 Å². The number of hydrogen-bond donors (Lipinski definition) is 1. The molecule has 100 valence electrons. The highest BCUT2D eigenvalue weighted by Gasteiger charge is 2.06. The molecule has 0 atom stereocenters. The van der Waals surface area contributed by atoms with Crippen LogP contribution in [0.25, 0.3) is 0 Å². The summed E-state index contributed by atoms with van der Waals surface area (Å²) in [6, 6.07) is 7.70. The van der Waals surface area contributed by atoms with Crippen LogP contribution < -0.4 is 10.1 Å². The molecule has 0 saturated heterocycles. The molecule has 0 fully saturated rings. The van der Waals surface area contributed by atoms with Crippen molar-refractivity contribution < 1.29 is 4.74 Å². The Morgan fingerprint density at radius 1 is 1.21 bits per heavy atom. The van der Waals surface area contributed by atoms with E-state index in [2.05, 4.69) is 20.5 Å². The van der Waals surface area contributed by atoms with Gasteiger partial charge in [-0.25, -0.2) is 4.98 Å². The van der Waals surface area contributed by atoms with E-state index < -0.39 is 0 Å². The van der Waals surface area contributed by atoms with E-state index in [1.54, 1.807) is 6.20 Å². The molecule has 0 bridgehead atoms. The maximum absolute atomic E-state index is 5.67. The van der Waals surface area contributed by atoms with Gasteiger partial charge in [-0.2, -0.15) is 5.10 Å². The van der Waals surface area contributed by atoms with Crippen molar-refractivity contribution >= 4 is 5.82 Å². The molecular weight excluding hydrogens is 240 g/mol. The normalized spacial score (nSPS) is 10.5. The van der Waals surface area contributed by atoms with Crippen LogP contribution in [0.15, 0.2) is 30.5 Å². The fraction of sp³-hybridized carbons (Fsp3) is 0.357. The van der Waals surface area contributed by atoms with Crippen LogP contribution in [0.3, 0.4) is 0 Å². The third kappa shape index (κ3) is 3.91. The van der Waals surface area contributed by atoms with E-state index in [1.165, 1.54) is 0 Å². The van der Waals surface area contributed by atoms with Gasteiger partial charge in [-0.1, -0.05) is 6.07 Å². The molecule has 0 saturated carbocycles. The second-order valence-corrected chi connectivity index (χ2v) is 4.55. The molecule has 0 aliphatic carbocycles. The van der Waals surface area contributed by atoms with E-state index in [-0.39, 0.29) is 6.10 Å². The van der Waals surface area contributed by atoms with Crippen molar-refractivity contribution in [2.45, 2.75) is 33.4 Å². The Kier molecular flexibility index (Phi) is 4.28. The van der Waals surface area contributed by atoms with Crippen molar-refractivity contribution in [3.8, 4) is 5.88 Å². The second kappa shape index (κ2) is 6.13. The second-order valence-electron chi connectivity index (χ2n) is 4.55. The zero-order valence-corrected chi connectivity index (χ0v) is 11.4. The van der Waals surface area contributed by atoms with Gasteiger partial charge in [0.15, 0.2) is 0 Å². The minimum atomic E-state index is 0.104. The van der Waals surface area contributed by atoms with Crippen molar-refractivity contribution in [2.75, 3.05) is 5.32 Å². The Bertz CT molecular complexity index is 525. The molecule has 0 amide bonds. The fourth-order valence-corrected chi connectivity index (χ4v) is 1.57. The summed E-state index contributed by atoms with van der Waals surface area (Å²) in [6.45, 7) is 6.48. The van der Waals surface area contributed by atoms with Crippen molar-refractivity contribution in [3.63, 3.8) is 0 Å². The predicted molar refractivity (Wildman–Crippen MR) is 74.1 cm³/mol. The van der Waals surface area contributed by atoms with E-state index in [4.69, 9.17) is 4.74 Å². The number of aryl methyl sites for hydroxylation is 1. The molecular formula is C14H18N4O. The summed E-state index contributed by atoms with van der Waals surface area (Å²) < 4.78 is 5.67. The first-order chi connectivity index (χ1) is 9.15. The van der Waals surface area contributed by atoms with E-state index in [0.29, 0.717) is 12.4 Å². The van der Waals surface area contributed by atoms with Crippen LogP contribution in [0, 0.1) is 6.92 Å². The summed E-state index contributed by atoms with van der Waals surface area (Å²) >= 11 is 0. The third-order valence-electron chi connectivity index (χ3n) is 2.46. The number of hydrogen-bond acceptors (Lipinski definition) is 5. The van der Waals surface area contributed by atoms with Gasteiger partial charge in [0.25, 0.3) is 0 Å². The van der Waals surface area contributed by atoms with Gasteiger partial charge < -0.3 is 10.1 Å². The molecule has 0 unspecified atom stereocenters. The first-order valence-corrected chi connectivity index (χ1v) is 6.30. The number of nitrogens with one attached hydrogen (secondary N) is 1. The first-order valence-electron chi connectivity index (χ1n) is 6.30. The highest BCUT2D eigenvalue weighted by Crippen LogP contribution is 2.17. The van der Waals surface area contributed by atoms with Crippen LogP contribution in [0.4, 0.5) is 5.82 Å². The minimum Gasteiger partial charge on any atom is -0.475 e. The highest BCUT2D eigenvalue weighted by molar-refractivity contribution is 5.36. The molecule has 5 nitrogen and oxygen atoms in total. The van der Waals surface area contributed by atoms with Gasteiger partial charge in [-0.05, 0) is 39.0 Å². The van der Waals surface area contributed by atoms with Crippen LogP contribution in [0.5, 0.6) is 5.88 Å². The molecule has 2 heterocycles. The van der Waals surface area contributed by atoms with Crippen LogP contribution in [-0.4, -0.2) is 21.3 Å². The zero-order valence-electron chi connectivity index (χ0n) is 11.4. The lowest BCUT2D eigenvalue weighted by Crippen LogP contribution is -2.11. The van der Waals surface area contributed by atoms with Gasteiger partial charge in [0.05, 0.1) is 11.8 Å². The molecule has 2 aromatic heterocycles. The van der Waals surface area contributed by atoms with Crippen molar-refractivity contribution in [1.29, 1.82) is 0 Å². The molecule has 0 aromatic carbocycles. The lowest BCUT2D eigenvalue weighted by atomic mass is 10.2. The number of rotatable bonds is 5. The molecule has 1 N–H and O–H groups in total. The number of ether oxygens (including phenoxy) is 1. The summed E-state index contributed by atoms with van der Waals surface area (Å²) in [5.74, 6) is 1.40. The van der Waals surface area contributed by atoms with Crippen molar-refractivity contribution in [2.24, 2.45) is 0 Å². The predicted octanol–water partition coefficient (Wildman–Crippen LogP) is 2.58. The van der Waals surface area contributed by atoms with Crippen LogP contribution in [-0.2, 0) is 6.54 Å². The highest BCUT2D eigenvalue weighted by atomic mass is 16.5. The van der Waals surface area contributed by atoms with Gasteiger partial charge in [-0.3, -0.25) is 0 Å². The van der Waals surface area contributed by atoms with Crippen molar-refractivity contribution in [1.82, 2.24) is 15.2 Å². The van der Waals surface area contributed by atoms with Gasteiger partial charge in [0, 0.05) is 18.3 Å². The van der Waals surface area contributed by atoms with E-state index in [0.717, 1.165) is 17.1 Å². The molecule has 19 heavy (non-hydrogen) atoms. The zero-order chi connectivity index (χ0) is 13.7. The van der Waals surface area contributed by atoms with Gasteiger partial charge >= 0.3 is 0 Å². The van der Waals surface area contributed by atoms with Gasteiger partial charge in [0.2, 0.25) is 5.88 Å². The van der Waals surface area contributed by atoms with Gasteiger partial charge in [0.1, 0.15) is 5.82 Å². The SMILES string of the molecule is Cc1ccc(NCc2cccnc2OC(C)C)nn1. The molecule has 0 spiro atoms. The Labute approximate surface area is 113 Å². The summed E-state index contributed by atoms with van der Waals surface area (Å²) in [5.41, 5.74) is 1.90. The first kappa shape index (κ1) is 13.3. The third-order valence-corrected chi connectivity index (χ3v) is 2.46. The van der Waals surface area contributed by atoms with Gasteiger partial charge in [-0.15, -0.1) is 5.10 Å². The van der Waals surface area contributed by atoms with Crippen LogP contribution in [0.2, 0.25) is 0 Å². The maximum atomic E-state index is 5.67. The van der Waals surface area contributed by atoms with E-state index in [1.807, 2.05) is 45.0 Å². The monoisotopic (exact) mass is 258 g/mol. The Morgan fingerprint density at radius 2 is 2.05 bits per heavy atom. The number of anilines is 1. The number of aromatic nitrogens is 3. The largest absolute Gasteiger partial charge is 0.475 e. The smallest absolute Gasteiger partial charge is 0.218 e. The molecule has 0 aliphatic rings. The average Bonchev–Trinajstić information content (AvgIpc) is 2.39. The summed E-state index contributed by atoms with van der Waals surface area (Å²) in [5, 5.41) is 11.3. The molecule has 2 rings (SSSR count). The van der Waals surface area contributed by atoms with E-state index in [9.17, 15) is 0 Å². The summed E-state index contributed by atoms with van der Waals surface area (Å²) in [4.78, 5) is 4.25. The Hall–Kier alpha value is -2.17. The van der Waals surface area contributed by atoms with Crippen molar-refractivity contribution in [3.05, 3.63) is 41.7 Å². The van der Waals surface area contributed by atoms with Crippen LogP contribution >= 0.6 is 0 Å². The lowest BCUT2D eigenvalue weighted by molar-refractivity contribution is 0.230. The fourth-order valence-electron chi connectivity index (χ4n) is 1.57. The molecule has 0 radical (unpaired) electrons. The molecule has 5 heteroatoms. The molecule has 0 aliphatic heterocycles. The Balaban J connectivity index is 2.04. The van der Waals surface area contributed by atoms with Crippen LogP contribution in [0.1, 0.15) is 25.1 Å². The molecule has 2 aromatic rings. The summed E-state index contributed by atoms with van der Waals surface area (Å²) in [7, 11) is 0. The maximum Gasteiger partial charge on any atom is 0.218 e. The standard InChI is InChI=1S/C14H18N4O/c1-10(2)19-14-12(5-4-8-15-14)9-16-13-7-6-11(3)17-18-13/h4-8,10H,9H2,1-3H3,(H,16,18). The number of nitrogens with zero attached hydrogens (tertiary/aromatic N) is 3. The topological polar surface area (TPSA) is 59.9 Å².